The van der Waals surface area contributed by atoms with E-state index in [0.717, 1.165) is 11.3 Å². The molecule has 2 aromatic heterocycles. The molecule has 7 nitrogen and oxygen atoms in total. The van der Waals surface area contributed by atoms with Crippen LogP contribution >= 0.6 is 23.4 Å². The van der Waals surface area contributed by atoms with Crippen LogP contribution in [0.4, 0.5) is 11.6 Å². The normalized spacial score (nSPS) is 10.6. The van der Waals surface area contributed by atoms with E-state index in [2.05, 4.69) is 15.3 Å². The molecular formula is C20H21ClN4O3S. The molecule has 29 heavy (non-hydrogen) atoms. The van der Waals surface area contributed by atoms with E-state index in [4.69, 9.17) is 21.1 Å². The molecule has 0 unspecified atom stereocenters. The Balaban J connectivity index is 1.82. The van der Waals surface area contributed by atoms with E-state index in [1.54, 1.807) is 43.2 Å². The molecule has 3 aromatic rings. The highest BCUT2D eigenvalue weighted by molar-refractivity contribution is 7.98. The number of benzene rings is 1. The molecule has 0 saturated carbocycles. The molecule has 0 radical (unpaired) electrons. The third kappa shape index (κ3) is 5.02. The van der Waals surface area contributed by atoms with Crippen molar-refractivity contribution in [1.82, 2.24) is 14.5 Å². The number of nitrogens with one attached hydrogen (secondary N) is 1. The van der Waals surface area contributed by atoms with Gasteiger partial charge in [0.15, 0.2) is 0 Å². The predicted molar refractivity (Wildman–Crippen MR) is 116 cm³/mol. The molecular weight excluding hydrogens is 412 g/mol. The number of methoxy groups -OCH3 is 2. The quantitative estimate of drug-likeness (QED) is 0.529. The Kier molecular flexibility index (Phi) is 7.00. The number of anilines is 2. The van der Waals surface area contributed by atoms with Gasteiger partial charge in [0.25, 0.3) is 5.56 Å². The molecule has 0 amide bonds. The zero-order valence-corrected chi connectivity index (χ0v) is 17.9. The maximum Gasteiger partial charge on any atom is 0.268 e. The summed E-state index contributed by atoms with van der Waals surface area (Å²) in [6.45, 7) is 2.38. The Hall–Kier alpha value is -2.71. The zero-order chi connectivity index (χ0) is 20.8. The van der Waals surface area contributed by atoms with Gasteiger partial charge in [-0.2, -0.15) is 4.98 Å². The average Bonchev–Trinajstić information content (AvgIpc) is 2.73. The van der Waals surface area contributed by atoms with Crippen molar-refractivity contribution in [3.63, 3.8) is 0 Å². The minimum absolute atomic E-state index is 0.113. The van der Waals surface area contributed by atoms with Crippen molar-refractivity contribution in [1.29, 1.82) is 0 Å². The van der Waals surface area contributed by atoms with Crippen molar-refractivity contribution in [2.45, 2.75) is 24.1 Å². The molecule has 2 heterocycles. The van der Waals surface area contributed by atoms with Crippen LogP contribution in [0.2, 0.25) is 5.02 Å². The number of aromatic nitrogens is 3. The van der Waals surface area contributed by atoms with Crippen molar-refractivity contribution in [2.24, 2.45) is 0 Å². The second kappa shape index (κ2) is 9.67. The predicted octanol–water partition coefficient (Wildman–Crippen LogP) is 4.36. The highest BCUT2D eigenvalue weighted by atomic mass is 35.5. The van der Waals surface area contributed by atoms with Gasteiger partial charge in [-0.1, -0.05) is 17.7 Å². The molecule has 152 valence electrons. The molecule has 0 aliphatic heterocycles. The molecule has 3 rings (SSSR count). The molecule has 0 aliphatic rings. The van der Waals surface area contributed by atoms with Gasteiger partial charge in [0.05, 0.1) is 25.3 Å². The summed E-state index contributed by atoms with van der Waals surface area (Å²) in [7, 11) is 3.10. The van der Waals surface area contributed by atoms with E-state index >= 15 is 0 Å². The third-order valence-corrected chi connectivity index (χ3v) is 5.39. The van der Waals surface area contributed by atoms with Crippen LogP contribution < -0.4 is 20.3 Å². The number of hydrogen-bond acceptors (Lipinski definition) is 7. The first kappa shape index (κ1) is 21.0. The fraction of sp³-hybridized carbons (Fsp3) is 0.250. The monoisotopic (exact) mass is 432 g/mol. The Morgan fingerprint density at radius 1 is 1.21 bits per heavy atom. The summed E-state index contributed by atoms with van der Waals surface area (Å²) >= 11 is 7.41. The molecule has 1 N–H and O–H groups in total. The van der Waals surface area contributed by atoms with Crippen molar-refractivity contribution in [3.05, 3.63) is 63.5 Å². The van der Waals surface area contributed by atoms with Gasteiger partial charge in [0, 0.05) is 34.6 Å². The summed E-state index contributed by atoms with van der Waals surface area (Å²) < 4.78 is 12.0. The maximum atomic E-state index is 12.9. The van der Waals surface area contributed by atoms with Gasteiger partial charge < -0.3 is 14.8 Å². The zero-order valence-electron chi connectivity index (χ0n) is 16.3. The molecule has 1 aromatic carbocycles. The van der Waals surface area contributed by atoms with Gasteiger partial charge in [-0.25, -0.2) is 4.98 Å². The smallest absolute Gasteiger partial charge is 0.268 e. The lowest BCUT2D eigenvalue weighted by Gasteiger charge is -2.14. The summed E-state index contributed by atoms with van der Waals surface area (Å²) in [6, 6.07) is 10.9. The number of rotatable bonds is 8. The van der Waals surface area contributed by atoms with Crippen molar-refractivity contribution in [3.8, 4) is 11.8 Å². The van der Waals surface area contributed by atoms with Gasteiger partial charge in [-0.15, -0.1) is 11.8 Å². The number of ether oxygens (including phenoxy) is 2. The topological polar surface area (TPSA) is 78.3 Å². The van der Waals surface area contributed by atoms with Crippen molar-refractivity contribution in [2.75, 3.05) is 19.5 Å². The minimum Gasteiger partial charge on any atom is -0.481 e. The number of nitrogens with zero attached hydrogens (tertiary/aromatic N) is 3. The lowest BCUT2D eigenvalue weighted by Crippen LogP contribution is -2.24. The Morgan fingerprint density at radius 2 is 2.03 bits per heavy atom. The van der Waals surface area contributed by atoms with E-state index < -0.39 is 0 Å². The fourth-order valence-corrected chi connectivity index (χ4v) is 3.75. The lowest BCUT2D eigenvalue weighted by molar-refractivity contribution is 0.362. The highest BCUT2D eigenvalue weighted by Crippen LogP contribution is 2.27. The van der Waals surface area contributed by atoms with Crippen LogP contribution in [-0.4, -0.2) is 28.8 Å². The molecule has 0 aliphatic carbocycles. The number of hydrogen-bond donors (Lipinski definition) is 1. The Morgan fingerprint density at radius 3 is 2.72 bits per heavy atom. The molecule has 0 atom stereocenters. The molecule has 0 spiro atoms. The maximum absolute atomic E-state index is 12.9. The Labute approximate surface area is 178 Å². The first-order chi connectivity index (χ1) is 14.0. The van der Waals surface area contributed by atoms with Gasteiger partial charge >= 0.3 is 0 Å². The SMILES string of the molecule is CCn1c(Nc2cccc(Cl)c2)ncc(SCc2ccc(OC)nc2OC)c1=O. The average molecular weight is 433 g/mol. The molecule has 0 saturated heterocycles. The van der Waals surface area contributed by atoms with Crippen molar-refractivity contribution >= 4 is 35.0 Å². The van der Waals surface area contributed by atoms with E-state index in [9.17, 15) is 4.79 Å². The van der Waals surface area contributed by atoms with Crippen molar-refractivity contribution < 1.29 is 9.47 Å². The first-order valence-corrected chi connectivity index (χ1v) is 10.2. The van der Waals surface area contributed by atoms with Crippen LogP contribution in [0.5, 0.6) is 11.8 Å². The number of halogens is 1. The van der Waals surface area contributed by atoms with Crippen LogP contribution in [0.3, 0.4) is 0 Å². The number of thioether (sulfide) groups is 1. The van der Waals surface area contributed by atoms with Crippen LogP contribution in [0.25, 0.3) is 0 Å². The van der Waals surface area contributed by atoms with Gasteiger partial charge in [-0.05, 0) is 31.2 Å². The third-order valence-electron chi connectivity index (χ3n) is 4.11. The van der Waals surface area contributed by atoms with Crippen LogP contribution in [0, 0.1) is 0 Å². The lowest BCUT2D eigenvalue weighted by atomic mass is 10.3. The van der Waals surface area contributed by atoms with Crippen LogP contribution in [0.1, 0.15) is 12.5 Å². The van der Waals surface area contributed by atoms with E-state index in [-0.39, 0.29) is 5.56 Å². The molecule has 9 heteroatoms. The fourth-order valence-electron chi connectivity index (χ4n) is 2.67. The van der Waals surface area contributed by atoms with Crippen LogP contribution in [-0.2, 0) is 12.3 Å². The summed E-state index contributed by atoms with van der Waals surface area (Å²) in [5.74, 6) is 1.93. The minimum atomic E-state index is -0.113. The van der Waals surface area contributed by atoms with Gasteiger partial charge in [0.2, 0.25) is 17.7 Å². The van der Waals surface area contributed by atoms with E-state index in [0.29, 0.717) is 39.9 Å². The second-order valence-corrected chi connectivity index (χ2v) is 7.40. The summed E-state index contributed by atoms with van der Waals surface area (Å²) in [6.07, 6.45) is 1.58. The van der Waals surface area contributed by atoms with Gasteiger partial charge in [-0.3, -0.25) is 9.36 Å². The first-order valence-electron chi connectivity index (χ1n) is 8.88. The van der Waals surface area contributed by atoms with E-state index in [1.165, 1.54) is 11.8 Å². The van der Waals surface area contributed by atoms with E-state index in [1.807, 2.05) is 25.1 Å². The van der Waals surface area contributed by atoms with Crippen LogP contribution in [0.15, 0.2) is 52.3 Å². The summed E-state index contributed by atoms with van der Waals surface area (Å²) in [5, 5.41) is 3.76. The largest absolute Gasteiger partial charge is 0.481 e. The standard InChI is InChI=1S/C20H21ClN4O3S/c1-4-25-19(26)16(11-22-20(25)23-15-7-5-6-14(21)10-15)29-12-13-8-9-17(27-2)24-18(13)28-3/h5-11H,4,12H2,1-3H3,(H,22,23). The highest BCUT2D eigenvalue weighted by Gasteiger charge is 2.13. The molecule has 0 bridgehead atoms. The molecule has 0 fully saturated rings. The summed E-state index contributed by atoms with van der Waals surface area (Å²) in [5.41, 5.74) is 1.51. The summed E-state index contributed by atoms with van der Waals surface area (Å²) in [4.78, 5) is 22.2. The number of pyridine rings is 1. The second-order valence-electron chi connectivity index (χ2n) is 5.94. The Bertz CT molecular complexity index is 1060. The van der Waals surface area contributed by atoms with Gasteiger partial charge in [0.1, 0.15) is 0 Å².